The van der Waals surface area contributed by atoms with Crippen molar-refractivity contribution in [1.29, 1.82) is 0 Å². The molecule has 1 aliphatic rings. The molecule has 0 radical (unpaired) electrons. The van der Waals surface area contributed by atoms with E-state index in [1.165, 1.54) is 18.2 Å². The van der Waals surface area contributed by atoms with E-state index in [9.17, 15) is 9.18 Å². The number of nitrogens with two attached hydrogens (primary N) is 1. The van der Waals surface area contributed by atoms with E-state index >= 15 is 0 Å². The van der Waals surface area contributed by atoms with Crippen LogP contribution in [0.25, 0.3) is 6.08 Å². The summed E-state index contributed by atoms with van der Waals surface area (Å²) >= 11 is 0. The zero-order chi connectivity index (χ0) is 16.9. The number of anilines is 2. The summed E-state index contributed by atoms with van der Waals surface area (Å²) in [6.45, 7) is 2.82. The molecule has 2 N–H and O–H groups in total. The van der Waals surface area contributed by atoms with Gasteiger partial charge in [0.2, 0.25) is 5.91 Å². The first-order chi connectivity index (χ1) is 11.6. The van der Waals surface area contributed by atoms with E-state index in [4.69, 9.17) is 5.73 Å². The van der Waals surface area contributed by atoms with Gasteiger partial charge in [-0.1, -0.05) is 18.2 Å². The van der Waals surface area contributed by atoms with Crippen molar-refractivity contribution in [1.82, 2.24) is 4.90 Å². The van der Waals surface area contributed by atoms with Gasteiger partial charge in [-0.2, -0.15) is 0 Å². The fraction of sp³-hybridized carbons (Fsp3) is 0.211. The zero-order valence-electron chi connectivity index (χ0n) is 13.4. The first-order valence-electron chi connectivity index (χ1n) is 7.95. The number of nitrogen functional groups attached to an aromatic ring is 1. The van der Waals surface area contributed by atoms with Crippen LogP contribution in [0.3, 0.4) is 0 Å². The Hall–Kier alpha value is -2.82. The largest absolute Gasteiger partial charge is 0.399 e. The van der Waals surface area contributed by atoms with Crippen LogP contribution in [-0.2, 0) is 4.79 Å². The molecule has 124 valence electrons. The van der Waals surface area contributed by atoms with E-state index in [0.29, 0.717) is 18.7 Å². The second kappa shape index (κ2) is 7.17. The highest BCUT2D eigenvalue weighted by molar-refractivity contribution is 5.92. The summed E-state index contributed by atoms with van der Waals surface area (Å²) in [6.07, 6.45) is 2.97. The maximum atomic E-state index is 13.6. The van der Waals surface area contributed by atoms with Crippen LogP contribution < -0.4 is 10.6 Å². The number of nitrogens with zero attached hydrogens (tertiary/aromatic N) is 2. The Morgan fingerprint density at radius 3 is 2.33 bits per heavy atom. The molecule has 0 unspecified atom stereocenters. The molecule has 24 heavy (non-hydrogen) atoms. The quantitative estimate of drug-likeness (QED) is 0.697. The molecule has 0 aliphatic carbocycles. The number of halogens is 1. The molecule has 0 atom stereocenters. The van der Waals surface area contributed by atoms with Crippen molar-refractivity contribution in [2.45, 2.75) is 0 Å². The minimum atomic E-state index is -0.324. The lowest BCUT2D eigenvalue weighted by molar-refractivity contribution is -0.126. The van der Waals surface area contributed by atoms with Crippen LogP contribution in [0.1, 0.15) is 5.56 Å². The van der Waals surface area contributed by atoms with E-state index in [0.717, 1.165) is 24.5 Å². The van der Waals surface area contributed by atoms with Gasteiger partial charge in [-0.3, -0.25) is 4.79 Å². The molecule has 1 heterocycles. The molecule has 1 fully saturated rings. The van der Waals surface area contributed by atoms with Gasteiger partial charge in [-0.25, -0.2) is 4.39 Å². The highest BCUT2D eigenvalue weighted by Crippen LogP contribution is 2.18. The lowest BCUT2D eigenvalue weighted by Gasteiger charge is -2.35. The fourth-order valence-electron chi connectivity index (χ4n) is 2.75. The molecule has 2 aromatic carbocycles. The lowest BCUT2D eigenvalue weighted by atomic mass is 10.2. The topological polar surface area (TPSA) is 49.6 Å². The summed E-state index contributed by atoms with van der Waals surface area (Å²) in [6, 6.07) is 14.2. The maximum absolute atomic E-state index is 13.6. The summed E-state index contributed by atoms with van der Waals surface area (Å²) in [7, 11) is 0. The number of carbonyl (C=O) groups is 1. The number of piperazine rings is 1. The monoisotopic (exact) mass is 325 g/mol. The van der Waals surface area contributed by atoms with Gasteiger partial charge in [0.15, 0.2) is 0 Å². The highest BCUT2D eigenvalue weighted by atomic mass is 19.1. The number of rotatable bonds is 3. The smallest absolute Gasteiger partial charge is 0.246 e. The summed E-state index contributed by atoms with van der Waals surface area (Å²) in [5.74, 6) is -0.412. The Kier molecular flexibility index (Phi) is 4.79. The van der Waals surface area contributed by atoms with Gasteiger partial charge in [-0.15, -0.1) is 0 Å². The number of benzene rings is 2. The Labute approximate surface area is 141 Å². The minimum absolute atomic E-state index is 0.0878. The van der Waals surface area contributed by atoms with E-state index in [2.05, 4.69) is 4.90 Å². The minimum Gasteiger partial charge on any atom is -0.399 e. The molecule has 3 rings (SSSR count). The molecular formula is C19H20FN3O. The van der Waals surface area contributed by atoms with Gasteiger partial charge in [0.1, 0.15) is 5.82 Å². The molecule has 1 saturated heterocycles. The van der Waals surface area contributed by atoms with E-state index in [1.807, 2.05) is 24.3 Å². The molecular weight excluding hydrogens is 305 g/mol. The SMILES string of the molecule is Nc1ccc(N2CCN(C(=O)/C=C/c3ccccc3F)CC2)cc1. The van der Waals surface area contributed by atoms with Crippen molar-refractivity contribution in [2.24, 2.45) is 0 Å². The summed E-state index contributed by atoms with van der Waals surface area (Å²) in [4.78, 5) is 16.3. The Balaban J connectivity index is 1.57. The number of amides is 1. The van der Waals surface area contributed by atoms with Gasteiger partial charge in [0.05, 0.1) is 0 Å². The van der Waals surface area contributed by atoms with Crippen LogP contribution >= 0.6 is 0 Å². The third-order valence-corrected chi connectivity index (χ3v) is 4.16. The van der Waals surface area contributed by atoms with Gasteiger partial charge in [-0.05, 0) is 36.4 Å². The Morgan fingerprint density at radius 1 is 1.00 bits per heavy atom. The van der Waals surface area contributed by atoms with Crippen molar-refractivity contribution in [3.63, 3.8) is 0 Å². The molecule has 0 spiro atoms. The van der Waals surface area contributed by atoms with Crippen molar-refractivity contribution >= 4 is 23.4 Å². The molecule has 1 aliphatic heterocycles. The van der Waals surface area contributed by atoms with Gasteiger partial charge < -0.3 is 15.5 Å². The standard InChI is InChI=1S/C19H20FN3O/c20-18-4-2-1-3-15(18)5-10-19(24)23-13-11-22(12-14-23)17-8-6-16(21)7-9-17/h1-10H,11-14,21H2/b10-5+. The van der Waals surface area contributed by atoms with Crippen LogP contribution in [0.2, 0.25) is 0 Å². The van der Waals surface area contributed by atoms with Gasteiger partial charge in [0.25, 0.3) is 0 Å². The van der Waals surface area contributed by atoms with Gasteiger partial charge >= 0.3 is 0 Å². The van der Waals surface area contributed by atoms with Crippen molar-refractivity contribution in [3.05, 3.63) is 66.0 Å². The molecule has 4 nitrogen and oxygen atoms in total. The molecule has 2 aromatic rings. The average molecular weight is 325 g/mol. The zero-order valence-corrected chi connectivity index (χ0v) is 13.4. The highest BCUT2D eigenvalue weighted by Gasteiger charge is 2.19. The van der Waals surface area contributed by atoms with Crippen LogP contribution in [-0.4, -0.2) is 37.0 Å². The fourth-order valence-corrected chi connectivity index (χ4v) is 2.75. The van der Waals surface area contributed by atoms with E-state index < -0.39 is 0 Å². The van der Waals surface area contributed by atoms with Crippen LogP contribution in [0, 0.1) is 5.82 Å². The van der Waals surface area contributed by atoms with E-state index in [-0.39, 0.29) is 11.7 Å². The first kappa shape index (κ1) is 16.1. The predicted octanol–water partition coefficient (Wildman–Crippen LogP) is 2.77. The van der Waals surface area contributed by atoms with Crippen LogP contribution in [0.4, 0.5) is 15.8 Å². The third-order valence-electron chi connectivity index (χ3n) is 4.16. The Morgan fingerprint density at radius 2 is 1.67 bits per heavy atom. The lowest BCUT2D eigenvalue weighted by Crippen LogP contribution is -2.48. The normalized spacial score (nSPS) is 15.0. The number of carbonyl (C=O) groups excluding carboxylic acids is 1. The second-order valence-electron chi connectivity index (χ2n) is 5.76. The second-order valence-corrected chi connectivity index (χ2v) is 5.76. The number of hydrogen-bond acceptors (Lipinski definition) is 3. The Bertz CT molecular complexity index is 735. The maximum Gasteiger partial charge on any atom is 0.246 e. The third kappa shape index (κ3) is 3.74. The molecule has 1 amide bonds. The van der Waals surface area contributed by atoms with Crippen molar-refractivity contribution < 1.29 is 9.18 Å². The molecule has 5 heteroatoms. The number of hydrogen-bond donors (Lipinski definition) is 1. The van der Waals surface area contributed by atoms with Crippen LogP contribution in [0.5, 0.6) is 0 Å². The first-order valence-corrected chi connectivity index (χ1v) is 7.95. The summed E-state index contributed by atoms with van der Waals surface area (Å²) in [5, 5.41) is 0. The predicted molar refractivity (Wildman–Crippen MR) is 95.1 cm³/mol. The molecule has 0 saturated carbocycles. The van der Waals surface area contributed by atoms with E-state index in [1.54, 1.807) is 23.1 Å². The molecule has 0 aromatic heterocycles. The summed E-state index contributed by atoms with van der Waals surface area (Å²) < 4.78 is 13.6. The average Bonchev–Trinajstić information content (AvgIpc) is 2.62. The van der Waals surface area contributed by atoms with Crippen molar-refractivity contribution in [3.8, 4) is 0 Å². The molecule has 0 bridgehead atoms. The van der Waals surface area contributed by atoms with Gasteiger partial charge in [0, 0.05) is 49.2 Å². The van der Waals surface area contributed by atoms with Crippen LogP contribution in [0.15, 0.2) is 54.6 Å². The van der Waals surface area contributed by atoms with Crippen molar-refractivity contribution in [2.75, 3.05) is 36.8 Å². The summed E-state index contributed by atoms with van der Waals surface area (Å²) in [5.41, 5.74) is 7.98.